The maximum Gasteiger partial charge on any atom is 0.356 e. The molecule has 5 rings (SSSR count). The fraction of sp³-hybridized carbons (Fsp3) is 0.250. The number of esters is 1. The Bertz CT molecular complexity index is 1410. The number of carbonyl (C=O) groups is 4. The first-order valence-electron chi connectivity index (χ1n) is 13.1. The third kappa shape index (κ3) is 5.05. The lowest BCUT2D eigenvalue weighted by atomic mass is 9.99. The summed E-state index contributed by atoms with van der Waals surface area (Å²) in [6.45, 7) is 4.72. The number of hydrogen-bond donors (Lipinski definition) is 0. The number of ketones is 1. The lowest BCUT2D eigenvalue weighted by molar-refractivity contribution is -0.172. The molecule has 8 nitrogen and oxygen atoms in total. The quantitative estimate of drug-likeness (QED) is 0.243. The van der Waals surface area contributed by atoms with E-state index in [1.165, 1.54) is 16.7 Å². The number of fused-ring (bicyclic) bond motifs is 1. The van der Waals surface area contributed by atoms with Crippen molar-refractivity contribution in [1.82, 2.24) is 9.80 Å². The number of carbonyl (C=O) groups excluding carboxylic acids is 4. The van der Waals surface area contributed by atoms with Crippen LogP contribution in [0.4, 0.5) is 0 Å². The molecule has 204 valence electrons. The predicted octanol–water partition coefficient (Wildman–Crippen LogP) is 4.17. The maximum absolute atomic E-state index is 13.7. The van der Waals surface area contributed by atoms with Crippen LogP contribution >= 0.6 is 0 Å². The van der Waals surface area contributed by atoms with Crippen LogP contribution < -0.4 is 0 Å². The number of likely N-dealkylation sites (tertiary alicyclic amines) is 1. The van der Waals surface area contributed by atoms with Crippen LogP contribution in [0.3, 0.4) is 0 Å². The standard InChI is InChI=1S/C32H30N2O6/c1-20(2)26(32(38)39-28(23-15-9-5-10-16-23)24-17-11-6-12-18-24)34-29(37)27-31(34)40-30(21(3)35)33(27)25(36)19-22-13-7-4-8-14-22/h4-18,27-28,30-31H,19H2,1-3H3. The Morgan fingerprint density at radius 1 is 0.825 bits per heavy atom. The van der Waals surface area contributed by atoms with Crippen molar-refractivity contribution in [1.29, 1.82) is 0 Å². The van der Waals surface area contributed by atoms with Crippen LogP contribution in [0.5, 0.6) is 0 Å². The summed E-state index contributed by atoms with van der Waals surface area (Å²) in [6.07, 6.45) is -2.91. The molecule has 0 aromatic heterocycles. The van der Waals surface area contributed by atoms with Gasteiger partial charge in [0, 0.05) is 0 Å². The minimum absolute atomic E-state index is 0.0118. The van der Waals surface area contributed by atoms with Crippen molar-refractivity contribution < 1.29 is 28.7 Å². The molecule has 0 N–H and O–H groups in total. The van der Waals surface area contributed by atoms with Gasteiger partial charge in [0.05, 0.1) is 6.42 Å². The summed E-state index contributed by atoms with van der Waals surface area (Å²) in [5, 5.41) is 0. The zero-order chi connectivity index (χ0) is 28.4. The molecule has 3 unspecified atom stereocenters. The number of amides is 2. The number of ether oxygens (including phenoxy) is 2. The summed E-state index contributed by atoms with van der Waals surface area (Å²) < 4.78 is 12.0. The number of Topliss-reactive ketones (excluding diaryl/α,β-unsaturated/α-hetero) is 1. The van der Waals surface area contributed by atoms with Gasteiger partial charge in [-0.05, 0) is 43.0 Å². The average Bonchev–Trinajstić information content (AvgIpc) is 3.32. The van der Waals surface area contributed by atoms with Gasteiger partial charge in [0.2, 0.25) is 5.91 Å². The first kappa shape index (κ1) is 27.0. The van der Waals surface area contributed by atoms with Gasteiger partial charge < -0.3 is 9.47 Å². The van der Waals surface area contributed by atoms with Crippen molar-refractivity contribution in [3.05, 3.63) is 119 Å². The van der Waals surface area contributed by atoms with Gasteiger partial charge in [-0.2, -0.15) is 0 Å². The minimum Gasteiger partial charge on any atom is -0.448 e. The van der Waals surface area contributed by atoms with Gasteiger partial charge in [-0.3, -0.25) is 24.2 Å². The Kier molecular flexibility index (Phi) is 7.62. The van der Waals surface area contributed by atoms with Gasteiger partial charge in [-0.15, -0.1) is 0 Å². The normalized spacial score (nSPS) is 19.6. The zero-order valence-electron chi connectivity index (χ0n) is 22.5. The van der Waals surface area contributed by atoms with E-state index in [1.807, 2.05) is 78.9 Å². The Morgan fingerprint density at radius 3 is 1.85 bits per heavy atom. The van der Waals surface area contributed by atoms with E-state index < -0.39 is 48.2 Å². The van der Waals surface area contributed by atoms with E-state index in [1.54, 1.807) is 26.0 Å². The van der Waals surface area contributed by atoms with Crippen LogP contribution in [0.1, 0.15) is 43.6 Å². The topological polar surface area (TPSA) is 93.2 Å². The average molecular weight is 539 g/mol. The molecule has 0 bridgehead atoms. The summed E-state index contributed by atoms with van der Waals surface area (Å²) in [5.74, 6) is -2.01. The Balaban J connectivity index is 1.41. The van der Waals surface area contributed by atoms with E-state index in [4.69, 9.17) is 9.47 Å². The molecule has 2 amide bonds. The van der Waals surface area contributed by atoms with E-state index in [0.717, 1.165) is 16.7 Å². The maximum atomic E-state index is 13.7. The van der Waals surface area contributed by atoms with Crippen molar-refractivity contribution in [2.24, 2.45) is 0 Å². The SMILES string of the molecule is CC(=O)C1OC2C(C(=O)N2C(C(=O)OC(c2ccccc2)c2ccccc2)=C(C)C)N1C(=O)Cc1ccccc1. The van der Waals surface area contributed by atoms with Crippen LogP contribution in [0, 0.1) is 0 Å². The molecular weight excluding hydrogens is 508 g/mol. The van der Waals surface area contributed by atoms with Gasteiger partial charge >= 0.3 is 5.97 Å². The fourth-order valence-electron chi connectivity index (χ4n) is 5.15. The molecule has 0 saturated carbocycles. The van der Waals surface area contributed by atoms with E-state index >= 15 is 0 Å². The number of β-lactam (4-membered cyclic amide) rings is 1. The zero-order valence-corrected chi connectivity index (χ0v) is 22.5. The molecular formula is C32H30N2O6. The lowest BCUT2D eigenvalue weighted by Gasteiger charge is -2.44. The summed E-state index contributed by atoms with van der Waals surface area (Å²) in [7, 11) is 0. The van der Waals surface area contributed by atoms with E-state index in [2.05, 4.69) is 0 Å². The van der Waals surface area contributed by atoms with E-state index in [0.29, 0.717) is 5.57 Å². The van der Waals surface area contributed by atoms with Crippen molar-refractivity contribution in [3.63, 3.8) is 0 Å². The summed E-state index contributed by atoms with van der Waals surface area (Å²) >= 11 is 0. The summed E-state index contributed by atoms with van der Waals surface area (Å²) in [6, 6.07) is 26.7. The van der Waals surface area contributed by atoms with Crippen molar-refractivity contribution in [2.45, 2.75) is 51.8 Å². The summed E-state index contributed by atoms with van der Waals surface area (Å²) in [4.78, 5) is 55.5. The Morgan fingerprint density at radius 2 is 1.35 bits per heavy atom. The predicted molar refractivity (Wildman–Crippen MR) is 146 cm³/mol. The van der Waals surface area contributed by atoms with Crippen LogP contribution in [-0.2, 0) is 35.1 Å². The number of rotatable bonds is 8. The number of benzene rings is 3. The lowest BCUT2D eigenvalue weighted by Crippen LogP contribution is -2.68. The van der Waals surface area contributed by atoms with E-state index in [-0.39, 0.29) is 12.1 Å². The van der Waals surface area contributed by atoms with Crippen LogP contribution in [0.15, 0.2) is 102 Å². The number of allylic oxidation sites excluding steroid dienone is 1. The van der Waals surface area contributed by atoms with Crippen molar-refractivity contribution in [2.75, 3.05) is 0 Å². The number of hydrogen-bond acceptors (Lipinski definition) is 6. The molecule has 3 atom stereocenters. The molecule has 0 aliphatic carbocycles. The highest BCUT2D eigenvalue weighted by Crippen LogP contribution is 2.40. The van der Waals surface area contributed by atoms with Crippen LogP contribution in [0.25, 0.3) is 0 Å². The highest BCUT2D eigenvalue weighted by molar-refractivity contribution is 6.03. The largest absolute Gasteiger partial charge is 0.448 e. The second kappa shape index (κ2) is 11.3. The molecule has 0 radical (unpaired) electrons. The van der Waals surface area contributed by atoms with Crippen molar-refractivity contribution in [3.8, 4) is 0 Å². The molecule has 2 aliphatic heterocycles. The molecule has 8 heteroatoms. The molecule has 2 saturated heterocycles. The molecule has 40 heavy (non-hydrogen) atoms. The molecule has 0 spiro atoms. The molecule has 2 heterocycles. The van der Waals surface area contributed by atoms with Gasteiger partial charge in [0.15, 0.2) is 30.4 Å². The van der Waals surface area contributed by atoms with Gasteiger partial charge in [-0.1, -0.05) is 91.0 Å². The fourth-order valence-corrected chi connectivity index (χ4v) is 5.15. The third-order valence-electron chi connectivity index (χ3n) is 7.01. The highest BCUT2D eigenvalue weighted by Gasteiger charge is 2.63. The Labute approximate surface area is 232 Å². The van der Waals surface area contributed by atoms with Crippen LogP contribution in [-0.4, -0.2) is 51.9 Å². The van der Waals surface area contributed by atoms with Gasteiger partial charge in [0.1, 0.15) is 5.70 Å². The summed E-state index contributed by atoms with van der Waals surface area (Å²) in [5.41, 5.74) is 2.86. The number of nitrogens with zero attached hydrogens (tertiary/aromatic N) is 2. The second-order valence-electron chi connectivity index (χ2n) is 10.1. The smallest absolute Gasteiger partial charge is 0.356 e. The van der Waals surface area contributed by atoms with Crippen molar-refractivity contribution >= 4 is 23.6 Å². The minimum atomic E-state index is -1.23. The second-order valence-corrected chi connectivity index (χ2v) is 10.1. The Hall–Kier alpha value is -4.56. The molecule has 2 aliphatic rings. The first-order chi connectivity index (χ1) is 19.3. The van der Waals surface area contributed by atoms with Gasteiger partial charge in [-0.25, -0.2) is 4.79 Å². The van der Waals surface area contributed by atoms with Gasteiger partial charge in [0.25, 0.3) is 5.91 Å². The molecule has 2 fully saturated rings. The van der Waals surface area contributed by atoms with E-state index in [9.17, 15) is 19.2 Å². The first-order valence-corrected chi connectivity index (χ1v) is 13.1. The highest BCUT2D eigenvalue weighted by atomic mass is 16.6. The molecule has 3 aromatic carbocycles. The monoisotopic (exact) mass is 538 g/mol. The third-order valence-corrected chi connectivity index (χ3v) is 7.01. The molecule has 3 aromatic rings. The van der Waals surface area contributed by atoms with Crippen LogP contribution in [0.2, 0.25) is 0 Å².